The molecule has 4 aliphatic rings. The molecule has 0 aromatic heterocycles. The molecule has 0 spiro atoms. The second-order valence-corrected chi connectivity index (χ2v) is 10.1. The average molecular weight is 404 g/mol. The van der Waals surface area contributed by atoms with E-state index < -0.39 is 0 Å². The summed E-state index contributed by atoms with van der Waals surface area (Å²) in [7, 11) is 1.76. The molecule has 3 heteroatoms. The summed E-state index contributed by atoms with van der Waals surface area (Å²) in [6.45, 7) is 6.76. The van der Waals surface area contributed by atoms with Gasteiger partial charge < -0.3 is 10.1 Å². The number of carbonyl (C=O) groups is 1. The van der Waals surface area contributed by atoms with Crippen molar-refractivity contribution in [3.63, 3.8) is 0 Å². The predicted molar refractivity (Wildman–Crippen MR) is 121 cm³/mol. The van der Waals surface area contributed by atoms with E-state index in [4.69, 9.17) is 4.74 Å². The smallest absolute Gasteiger partial charge is 0.136 e. The Morgan fingerprint density at radius 1 is 1.17 bits per heavy atom. The molecule has 1 N–H and O–H groups in total. The molecule has 1 heterocycles. The van der Waals surface area contributed by atoms with Gasteiger partial charge in [0.15, 0.2) is 0 Å². The Balaban J connectivity index is 1.71. The van der Waals surface area contributed by atoms with Crippen LogP contribution >= 0.6 is 0 Å². The van der Waals surface area contributed by atoms with Crippen LogP contribution in [0, 0.1) is 17.8 Å². The van der Waals surface area contributed by atoms with Crippen molar-refractivity contribution in [2.75, 3.05) is 7.11 Å². The van der Waals surface area contributed by atoms with Gasteiger partial charge in [0.05, 0.1) is 7.11 Å². The zero-order valence-corrected chi connectivity index (χ0v) is 18.6. The van der Waals surface area contributed by atoms with Gasteiger partial charge in [-0.2, -0.15) is 0 Å². The molecular weight excluding hydrogens is 370 g/mol. The number of methoxy groups -OCH3 is 1. The summed E-state index contributed by atoms with van der Waals surface area (Å²) >= 11 is 0. The van der Waals surface area contributed by atoms with Gasteiger partial charge in [-0.15, -0.1) is 0 Å². The Morgan fingerprint density at radius 2 is 2.00 bits per heavy atom. The summed E-state index contributed by atoms with van der Waals surface area (Å²) in [5, 5.41) is 3.83. The van der Waals surface area contributed by atoms with Crippen LogP contribution in [0.4, 0.5) is 0 Å². The number of benzene rings is 1. The summed E-state index contributed by atoms with van der Waals surface area (Å²) in [4.78, 5) is 13.1. The highest BCUT2D eigenvalue weighted by Gasteiger charge is 2.45. The normalized spacial score (nSPS) is 32.1. The Labute approximate surface area is 180 Å². The van der Waals surface area contributed by atoms with Crippen LogP contribution in [-0.4, -0.2) is 24.5 Å². The van der Waals surface area contributed by atoms with Gasteiger partial charge in [-0.3, -0.25) is 4.79 Å². The van der Waals surface area contributed by atoms with E-state index in [0.29, 0.717) is 11.7 Å². The molecule has 1 aromatic carbocycles. The molecule has 1 fully saturated rings. The first kappa shape index (κ1) is 19.8. The monoisotopic (exact) mass is 403 g/mol. The van der Waals surface area contributed by atoms with Crippen molar-refractivity contribution in [1.82, 2.24) is 5.32 Å². The number of hydrogen-bond donors (Lipinski definition) is 1. The van der Waals surface area contributed by atoms with Crippen molar-refractivity contribution < 1.29 is 9.53 Å². The molecule has 30 heavy (non-hydrogen) atoms. The van der Waals surface area contributed by atoms with E-state index in [0.717, 1.165) is 31.4 Å². The predicted octanol–water partition coefficient (Wildman–Crippen LogP) is 5.26. The molecule has 1 aliphatic heterocycles. The van der Waals surface area contributed by atoms with Crippen LogP contribution in [-0.2, 0) is 11.2 Å². The first-order valence-corrected chi connectivity index (χ1v) is 11.5. The van der Waals surface area contributed by atoms with Crippen LogP contribution < -0.4 is 10.1 Å². The van der Waals surface area contributed by atoms with Crippen LogP contribution in [0.3, 0.4) is 0 Å². The molecule has 0 bridgehead atoms. The fraction of sp³-hybridized carbons (Fsp3) is 0.519. The summed E-state index contributed by atoms with van der Waals surface area (Å²) in [5.41, 5.74) is 6.73. The number of rotatable bonds is 2. The number of ether oxygens (including phenoxy) is 1. The average Bonchev–Trinajstić information content (AvgIpc) is 2.71. The van der Waals surface area contributed by atoms with Crippen molar-refractivity contribution in [3.8, 4) is 5.75 Å². The van der Waals surface area contributed by atoms with Crippen LogP contribution in [0.25, 0.3) is 5.57 Å². The first-order valence-electron chi connectivity index (χ1n) is 11.5. The van der Waals surface area contributed by atoms with E-state index in [1.54, 1.807) is 7.11 Å². The fourth-order valence-electron chi connectivity index (χ4n) is 6.58. The van der Waals surface area contributed by atoms with Gasteiger partial charge in [0, 0.05) is 35.4 Å². The maximum Gasteiger partial charge on any atom is 0.136 e. The molecule has 3 aliphatic carbocycles. The van der Waals surface area contributed by atoms with Crippen molar-refractivity contribution in [2.45, 2.75) is 64.5 Å². The lowest BCUT2D eigenvalue weighted by atomic mass is 9.60. The van der Waals surface area contributed by atoms with Gasteiger partial charge in [0.25, 0.3) is 0 Å². The molecule has 3 nitrogen and oxygen atoms in total. The van der Waals surface area contributed by atoms with Gasteiger partial charge >= 0.3 is 0 Å². The topological polar surface area (TPSA) is 38.3 Å². The lowest BCUT2D eigenvalue weighted by Gasteiger charge is -2.48. The van der Waals surface area contributed by atoms with Gasteiger partial charge in [0.2, 0.25) is 0 Å². The quantitative estimate of drug-likeness (QED) is 0.684. The van der Waals surface area contributed by atoms with E-state index in [1.807, 2.05) is 0 Å². The van der Waals surface area contributed by atoms with E-state index in [-0.39, 0.29) is 23.4 Å². The van der Waals surface area contributed by atoms with Crippen LogP contribution in [0.2, 0.25) is 0 Å². The summed E-state index contributed by atoms with van der Waals surface area (Å²) in [6.07, 6.45) is 12.0. The van der Waals surface area contributed by atoms with E-state index in [9.17, 15) is 4.79 Å². The molecule has 1 saturated carbocycles. The highest BCUT2D eigenvalue weighted by molar-refractivity contribution is 5.88. The molecular formula is C27H33NO2. The zero-order valence-electron chi connectivity index (χ0n) is 18.6. The highest BCUT2D eigenvalue weighted by Crippen LogP contribution is 2.52. The third-order valence-corrected chi connectivity index (χ3v) is 7.62. The number of Topliss-reactive ketones (excluding diaryl/α,β-unsaturated/α-hetero) is 1. The number of carbonyl (C=O) groups excluding carboxylic acids is 1. The summed E-state index contributed by atoms with van der Waals surface area (Å²) in [5.74, 6) is 2.17. The standard InChI is InChI=1S/C27H33NO2/c1-16-15-27(2,3)28-21-13-12-19-25-17(8-7-11-23(25)30-4)14-20(26(19)24(16)21)18-9-5-6-10-22(18)29/h7-8,11-13,15,18,20-21,24,28H,5-6,9-10,14H2,1-4H3. The molecule has 0 radical (unpaired) electrons. The van der Waals surface area contributed by atoms with Gasteiger partial charge in [0.1, 0.15) is 11.5 Å². The minimum Gasteiger partial charge on any atom is -0.496 e. The minimum atomic E-state index is -0.0198. The van der Waals surface area contributed by atoms with Crippen molar-refractivity contribution in [1.29, 1.82) is 0 Å². The number of hydrogen-bond acceptors (Lipinski definition) is 3. The van der Waals surface area contributed by atoms with Crippen LogP contribution in [0.1, 0.15) is 57.6 Å². The maximum absolute atomic E-state index is 13.1. The lowest BCUT2D eigenvalue weighted by molar-refractivity contribution is -0.126. The number of nitrogens with one attached hydrogen (secondary N) is 1. The molecule has 5 rings (SSSR count). The second kappa shape index (κ2) is 7.23. The van der Waals surface area contributed by atoms with Crippen molar-refractivity contribution in [3.05, 3.63) is 58.7 Å². The fourth-order valence-corrected chi connectivity index (χ4v) is 6.58. The third kappa shape index (κ3) is 3.10. The minimum absolute atomic E-state index is 0.0198. The second-order valence-electron chi connectivity index (χ2n) is 10.1. The van der Waals surface area contributed by atoms with E-state index in [2.05, 4.69) is 62.5 Å². The molecule has 1 aromatic rings. The number of fused-ring (bicyclic) bond motifs is 4. The number of allylic oxidation sites excluding steroid dienone is 2. The largest absolute Gasteiger partial charge is 0.496 e. The molecule has 158 valence electrons. The van der Waals surface area contributed by atoms with Crippen molar-refractivity contribution >= 4 is 11.4 Å². The van der Waals surface area contributed by atoms with Crippen molar-refractivity contribution in [2.24, 2.45) is 17.8 Å². The van der Waals surface area contributed by atoms with Gasteiger partial charge in [-0.05, 0) is 68.7 Å². The van der Waals surface area contributed by atoms with Crippen LogP contribution in [0.15, 0.2) is 47.6 Å². The summed E-state index contributed by atoms with van der Waals surface area (Å²) in [6, 6.07) is 6.67. The first-order chi connectivity index (χ1) is 14.4. The highest BCUT2D eigenvalue weighted by atomic mass is 16.5. The van der Waals surface area contributed by atoms with Gasteiger partial charge in [-0.25, -0.2) is 0 Å². The molecule has 0 saturated heterocycles. The molecule has 4 unspecified atom stereocenters. The van der Waals surface area contributed by atoms with Gasteiger partial charge in [-0.1, -0.05) is 42.4 Å². The third-order valence-electron chi connectivity index (χ3n) is 7.62. The zero-order chi connectivity index (χ0) is 21.0. The summed E-state index contributed by atoms with van der Waals surface area (Å²) < 4.78 is 5.79. The Kier molecular flexibility index (Phi) is 4.77. The SMILES string of the molecule is COc1cccc2c1C1=C(C(C3CCCCC3=O)C2)C2C(C)=CC(C)(C)NC2C=C1. The number of ketones is 1. The maximum atomic E-state index is 13.1. The molecule has 4 atom stereocenters. The Bertz CT molecular complexity index is 981. The molecule has 0 amide bonds. The van der Waals surface area contributed by atoms with E-state index >= 15 is 0 Å². The van der Waals surface area contributed by atoms with E-state index in [1.165, 1.54) is 34.3 Å². The Morgan fingerprint density at radius 3 is 2.77 bits per heavy atom. The lowest BCUT2D eigenvalue weighted by Crippen LogP contribution is -2.53. The van der Waals surface area contributed by atoms with Crippen LogP contribution in [0.5, 0.6) is 5.75 Å². The Hall–Kier alpha value is -2.13.